The Kier molecular flexibility index (Phi) is 4.62. The van der Waals surface area contributed by atoms with Gasteiger partial charge in [-0.3, -0.25) is 0 Å². The monoisotopic (exact) mass is 240 g/mol. The zero-order valence-corrected chi connectivity index (χ0v) is 11.2. The van der Waals surface area contributed by atoms with Crippen LogP contribution in [0.1, 0.15) is 49.2 Å². The van der Waals surface area contributed by atoms with E-state index >= 15 is 0 Å². The lowest BCUT2D eigenvalue weighted by Gasteiger charge is -2.01. The average molecular weight is 240 g/mol. The van der Waals surface area contributed by atoms with E-state index < -0.39 is 0 Å². The fourth-order valence-electron chi connectivity index (χ4n) is 1.15. The third kappa shape index (κ3) is 3.51. The molecule has 0 aromatic carbocycles. The zero-order chi connectivity index (χ0) is 11.4. The minimum Gasteiger partial charge on any atom is -0.244 e. The highest BCUT2D eigenvalue weighted by atomic mass is 32.2. The molecule has 0 aliphatic carbocycles. The molecular weight excluding hydrogens is 224 g/mol. The first kappa shape index (κ1) is 12.5. The third-order valence-electron chi connectivity index (χ3n) is 1.89. The number of hydrogen-bond acceptors (Lipinski definition) is 4. The number of thiazole rings is 1. The van der Waals surface area contributed by atoms with Crippen LogP contribution in [-0.2, 0) is 5.75 Å². The minimum atomic E-state index is 0.341. The molecule has 0 saturated carbocycles. The number of nitrogens with zero attached hydrogens (tertiary/aromatic N) is 2. The Morgan fingerprint density at radius 3 is 2.47 bits per heavy atom. The highest BCUT2D eigenvalue weighted by molar-refractivity contribution is 7.99. The van der Waals surface area contributed by atoms with Gasteiger partial charge < -0.3 is 0 Å². The van der Waals surface area contributed by atoms with E-state index in [1.807, 2.05) is 11.8 Å². The van der Waals surface area contributed by atoms with Gasteiger partial charge in [-0.05, 0) is 11.2 Å². The van der Waals surface area contributed by atoms with E-state index in [9.17, 15) is 0 Å². The van der Waals surface area contributed by atoms with Gasteiger partial charge in [-0.25, -0.2) is 4.98 Å². The van der Waals surface area contributed by atoms with Gasteiger partial charge in [-0.1, -0.05) is 27.7 Å². The quantitative estimate of drug-likeness (QED) is 0.803. The molecule has 0 atom stereocenters. The van der Waals surface area contributed by atoms with Crippen LogP contribution in [0.15, 0.2) is 0 Å². The summed E-state index contributed by atoms with van der Waals surface area (Å²) in [5, 5.41) is 10.7. The molecule has 1 aromatic heterocycles. The lowest BCUT2D eigenvalue weighted by atomic mass is 10.1. The van der Waals surface area contributed by atoms with Crippen LogP contribution in [0, 0.1) is 11.3 Å². The Bertz CT molecular complexity index is 361. The number of thioether (sulfide) groups is 1. The van der Waals surface area contributed by atoms with Crippen molar-refractivity contribution in [2.24, 2.45) is 0 Å². The van der Waals surface area contributed by atoms with Gasteiger partial charge in [0.1, 0.15) is 16.0 Å². The Morgan fingerprint density at radius 1 is 1.40 bits per heavy atom. The highest BCUT2D eigenvalue weighted by Crippen LogP contribution is 2.27. The van der Waals surface area contributed by atoms with Crippen LogP contribution >= 0.6 is 23.1 Å². The van der Waals surface area contributed by atoms with Crippen molar-refractivity contribution in [2.75, 3.05) is 0 Å². The Hall–Kier alpha value is -0.530. The van der Waals surface area contributed by atoms with Crippen LogP contribution in [0.25, 0.3) is 0 Å². The summed E-state index contributed by atoms with van der Waals surface area (Å²) in [7, 11) is 0. The maximum atomic E-state index is 8.97. The van der Waals surface area contributed by atoms with Gasteiger partial charge in [0.15, 0.2) is 0 Å². The summed E-state index contributed by atoms with van der Waals surface area (Å²) in [6.45, 7) is 8.50. The molecule has 0 radical (unpaired) electrons. The first-order valence-electron chi connectivity index (χ1n) is 5.06. The summed E-state index contributed by atoms with van der Waals surface area (Å²) in [5.74, 6) is 1.26. The Morgan fingerprint density at radius 2 is 2.07 bits per heavy atom. The van der Waals surface area contributed by atoms with Gasteiger partial charge >= 0.3 is 0 Å². The molecule has 0 fully saturated rings. The third-order valence-corrected chi connectivity index (χ3v) is 4.15. The molecule has 0 aliphatic rings. The van der Waals surface area contributed by atoms with E-state index in [2.05, 4.69) is 38.7 Å². The molecule has 0 aliphatic heterocycles. The van der Waals surface area contributed by atoms with Crippen molar-refractivity contribution in [2.45, 2.75) is 44.6 Å². The molecule has 0 saturated heterocycles. The lowest BCUT2D eigenvalue weighted by molar-refractivity contribution is 0.824. The van der Waals surface area contributed by atoms with Gasteiger partial charge in [0, 0.05) is 5.75 Å². The van der Waals surface area contributed by atoms with E-state index in [4.69, 9.17) is 5.26 Å². The molecule has 1 heterocycles. The van der Waals surface area contributed by atoms with Crippen LogP contribution < -0.4 is 0 Å². The largest absolute Gasteiger partial charge is 0.244 e. The summed E-state index contributed by atoms with van der Waals surface area (Å²) in [5.41, 5.74) is 0.960. The topological polar surface area (TPSA) is 36.7 Å². The molecular formula is C11H16N2S2. The fraction of sp³-hybridized carbons (Fsp3) is 0.636. The second kappa shape index (κ2) is 5.53. The summed E-state index contributed by atoms with van der Waals surface area (Å²) in [6, 6.07) is 2.23. The van der Waals surface area contributed by atoms with E-state index in [1.165, 1.54) is 11.3 Å². The van der Waals surface area contributed by atoms with Crippen LogP contribution in [0.2, 0.25) is 0 Å². The molecule has 15 heavy (non-hydrogen) atoms. The van der Waals surface area contributed by atoms with Crippen molar-refractivity contribution < 1.29 is 0 Å². The van der Waals surface area contributed by atoms with Gasteiger partial charge in [0.2, 0.25) is 0 Å². The van der Waals surface area contributed by atoms with Crippen molar-refractivity contribution in [3.63, 3.8) is 0 Å². The molecule has 0 bridgehead atoms. The Balaban J connectivity index is 2.80. The smallest absolute Gasteiger partial charge is 0.128 e. The standard InChI is InChI=1S/C11H16N2S2/c1-7(2)11-9(5-12)15-10(13-11)6-14-8(3)4/h7-8H,6H2,1-4H3. The van der Waals surface area contributed by atoms with Gasteiger partial charge in [-0.2, -0.15) is 17.0 Å². The predicted octanol–water partition coefficient (Wildman–Crippen LogP) is 3.78. The van der Waals surface area contributed by atoms with Crippen LogP contribution in [0.5, 0.6) is 0 Å². The first-order chi connectivity index (χ1) is 7.04. The molecule has 0 unspecified atom stereocenters. The van der Waals surface area contributed by atoms with Crippen molar-refractivity contribution in [1.29, 1.82) is 5.26 Å². The normalized spacial score (nSPS) is 11.0. The van der Waals surface area contributed by atoms with Crippen LogP contribution in [-0.4, -0.2) is 10.2 Å². The minimum absolute atomic E-state index is 0.341. The van der Waals surface area contributed by atoms with Crippen molar-refractivity contribution in [1.82, 2.24) is 4.98 Å². The maximum absolute atomic E-state index is 8.97. The van der Waals surface area contributed by atoms with E-state index in [1.54, 1.807) is 0 Å². The first-order valence-corrected chi connectivity index (χ1v) is 6.92. The molecule has 0 amide bonds. The molecule has 1 rings (SSSR count). The molecule has 82 valence electrons. The average Bonchev–Trinajstić information content (AvgIpc) is 2.57. The summed E-state index contributed by atoms with van der Waals surface area (Å²) in [4.78, 5) is 5.31. The number of hydrogen-bond donors (Lipinski definition) is 0. The zero-order valence-electron chi connectivity index (χ0n) is 9.57. The highest BCUT2D eigenvalue weighted by Gasteiger charge is 2.13. The lowest BCUT2D eigenvalue weighted by Crippen LogP contribution is -1.92. The van der Waals surface area contributed by atoms with Gasteiger partial charge in [-0.15, -0.1) is 11.3 Å². The van der Waals surface area contributed by atoms with Crippen molar-refractivity contribution >= 4 is 23.1 Å². The van der Waals surface area contributed by atoms with E-state index in [0.29, 0.717) is 11.2 Å². The van der Waals surface area contributed by atoms with E-state index in [0.717, 1.165) is 21.3 Å². The summed E-state index contributed by atoms with van der Waals surface area (Å²) >= 11 is 3.40. The fourth-order valence-corrected chi connectivity index (χ4v) is 2.94. The number of nitriles is 1. The van der Waals surface area contributed by atoms with Gasteiger partial charge in [0.25, 0.3) is 0 Å². The molecule has 0 spiro atoms. The van der Waals surface area contributed by atoms with E-state index in [-0.39, 0.29) is 0 Å². The molecule has 0 N–H and O–H groups in total. The molecule has 2 nitrogen and oxygen atoms in total. The molecule has 1 aromatic rings. The second-order valence-electron chi connectivity index (χ2n) is 3.95. The van der Waals surface area contributed by atoms with Crippen molar-refractivity contribution in [3.05, 3.63) is 15.6 Å². The van der Waals surface area contributed by atoms with Gasteiger partial charge in [0.05, 0.1) is 5.69 Å². The van der Waals surface area contributed by atoms with Crippen LogP contribution in [0.4, 0.5) is 0 Å². The predicted molar refractivity (Wildman–Crippen MR) is 67.3 cm³/mol. The Labute approximate surface area is 99.7 Å². The number of aromatic nitrogens is 1. The van der Waals surface area contributed by atoms with Crippen LogP contribution in [0.3, 0.4) is 0 Å². The second-order valence-corrected chi connectivity index (χ2v) is 6.60. The van der Waals surface area contributed by atoms with Crippen molar-refractivity contribution in [3.8, 4) is 6.07 Å². The summed E-state index contributed by atoms with van der Waals surface area (Å²) in [6.07, 6.45) is 0. The maximum Gasteiger partial charge on any atom is 0.128 e. The number of rotatable bonds is 4. The SMILES string of the molecule is CC(C)SCc1nc(C(C)C)c(C#N)s1. The molecule has 4 heteroatoms. The summed E-state index contributed by atoms with van der Waals surface area (Å²) < 4.78 is 0.